The lowest BCUT2D eigenvalue weighted by Gasteiger charge is -2.49. The summed E-state index contributed by atoms with van der Waals surface area (Å²) in [5.74, 6) is 0. The first-order chi connectivity index (χ1) is 5.97. The molecular weight excluding hydrogens is 162 g/mol. The van der Waals surface area contributed by atoms with Gasteiger partial charge in [-0.05, 0) is 40.9 Å². The van der Waals surface area contributed by atoms with Crippen LogP contribution in [0.5, 0.6) is 0 Å². The molecule has 0 amide bonds. The summed E-state index contributed by atoms with van der Waals surface area (Å²) in [7, 11) is 4.41. The van der Waals surface area contributed by atoms with Gasteiger partial charge in [-0.3, -0.25) is 4.90 Å². The van der Waals surface area contributed by atoms with Crippen LogP contribution >= 0.6 is 0 Å². The van der Waals surface area contributed by atoms with Crippen molar-refractivity contribution in [2.24, 2.45) is 5.73 Å². The van der Waals surface area contributed by atoms with E-state index in [0.29, 0.717) is 6.04 Å². The van der Waals surface area contributed by atoms with Crippen LogP contribution in [0.25, 0.3) is 0 Å². The maximum atomic E-state index is 5.61. The molecule has 1 fully saturated rings. The summed E-state index contributed by atoms with van der Waals surface area (Å²) >= 11 is 0. The third-order valence-corrected chi connectivity index (χ3v) is 3.18. The van der Waals surface area contributed by atoms with Gasteiger partial charge in [0.15, 0.2) is 0 Å². The SMILES string of the molecule is CN1CC(CCN)N(C)C(C)(C)C1. The maximum Gasteiger partial charge on any atom is 0.0280 e. The van der Waals surface area contributed by atoms with Crippen LogP contribution in [0.3, 0.4) is 0 Å². The topological polar surface area (TPSA) is 32.5 Å². The molecule has 0 aromatic rings. The fourth-order valence-corrected chi connectivity index (χ4v) is 2.29. The van der Waals surface area contributed by atoms with Crippen LogP contribution in [0.1, 0.15) is 20.3 Å². The van der Waals surface area contributed by atoms with Crippen LogP contribution in [-0.2, 0) is 0 Å². The van der Waals surface area contributed by atoms with Crippen LogP contribution in [-0.4, -0.2) is 55.1 Å². The quantitative estimate of drug-likeness (QED) is 0.674. The molecule has 0 radical (unpaired) electrons. The summed E-state index contributed by atoms with van der Waals surface area (Å²) in [4.78, 5) is 4.88. The van der Waals surface area contributed by atoms with Crippen molar-refractivity contribution >= 4 is 0 Å². The van der Waals surface area contributed by atoms with E-state index in [1.165, 1.54) is 0 Å². The smallest absolute Gasteiger partial charge is 0.0280 e. The Morgan fingerprint density at radius 3 is 2.54 bits per heavy atom. The highest BCUT2D eigenvalue weighted by molar-refractivity contribution is 4.92. The Morgan fingerprint density at radius 1 is 1.38 bits per heavy atom. The van der Waals surface area contributed by atoms with E-state index in [9.17, 15) is 0 Å². The van der Waals surface area contributed by atoms with Crippen molar-refractivity contribution in [2.45, 2.75) is 31.8 Å². The first-order valence-electron chi connectivity index (χ1n) is 5.09. The minimum absolute atomic E-state index is 0.285. The highest BCUT2D eigenvalue weighted by Gasteiger charge is 2.35. The molecule has 3 heteroatoms. The Bertz CT molecular complexity index is 168. The molecule has 0 aromatic carbocycles. The van der Waals surface area contributed by atoms with Gasteiger partial charge in [-0.15, -0.1) is 0 Å². The molecule has 1 saturated heterocycles. The van der Waals surface area contributed by atoms with E-state index in [2.05, 4.69) is 37.7 Å². The van der Waals surface area contributed by atoms with E-state index in [1.54, 1.807) is 0 Å². The second-order valence-electron chi connectivity index (χ2n) is 4.85. The van der Waals surface area contributed by atoms with Crippen molar-refractivity contribution in [1.82, 2.24) is 9.80 Å². The maximum absolute atomic E-state index is 5.61. The molecule has 1 atom stereocenters. The molecule has 0 saturated carbocycles. The Hall–Kier alpha value is -0.120. The number of piperazine rings is 1. The summed E-state index contributed by atoms with van der Waals surface area (Å²) in [5, 5.41) is 0. The van der Waals surface area contributed by atoms with Crippen LogP contribution in [0.4, 0.5) is 0 Å². The highest BCUT2D eigenvalue weighted by atomic mass is 15.3. The third-order valence-electron chi connectivity index (χ3n) is 3.18. The zero-order valence-electron chi connectivity index (χ0n) is 9.38. The van der Waals surface area contributed by atoms with Crippen LogP contribution in [0, 0.1) is 0 Å². The molecule has 1 unspecified atom stereocenters. The van der Waals surface area contributed by atoms with Gasteiger partial charge in [0.05, 0.1) is 0 Å². The lowest BCUT2D eigenvalue weighted by molar-refractivity contribution is 0.00289. The molecule has 1 aliphatic heterocycles. The van der Waals surface area contributed by atoms with E-state index >= 15 is 0 Å². The molecule has 2 N–H and O–H groups in total. The van der Waals surface area contributed by atoms with E-state index in [-0.39, 0.29) is 5.54 Å². The number of rotatable bonds is 2. The van der Waals surface area contributed by atoms with Crippen LogP contribution in [0.2, 0.25) is 0 Å². The van der Waals surface area contributed by atoms with Crippen molar-refractivity contribution in [1.29, 1.82) is 0 Å². The molecule has 1 rings (SSSR count). The Balaban J connectivity index is 2.64. The molecule has 1 heterocycles. The fraction of sp³-hybridized carbons (Fsp3) is 1.00. The molecule has 0 aromatic heterocycles. The minimum Gasteiger partial charge on any atom is -0.330 e. The van der Waals surface area contributed by atoms with E-state index in [4.69, 9.17) is 5.73 Å². The summed E-state index contributed by atoms with van der Waals surface area (Å²) < 4.78 is 0. The van der Waals surface area contributed by atoms with Gasteiger partial charge in [-0.25, -0.2) is 0 Å². The molecule has 0 aliphatic carbocycles. The first-order valence-corrected chi connectivity index (χ1v) is 5.09. The summed E-state index contributed by atoms with van der Waals surface area (Å²) in [5.41, 5.74) is 5.89. The predicted molar refractivity (Wildman–Crippen MR) is 56.8 cm³/mol. The zero-order valence-corrected chi connectivity index (χ0v) is 9.38. The first kappa shape index (κ1) is 11.0. The number of nitrogens with zero attached hydrogens (tertiary/aromatic N) is 2. The molecule has 0 spiro atoms. The van der Waals surface area contributed by atoms with Gasteiger partial charge in [0, 0.05) is 24.7 Å². The zero-order chi connectivity index (χ0) is 10.1. The van der Waals surface area contributed by atoms with Gasteiger partial charge >= 0.3 is 0 Å². The number of hydrogen-bond acceptors (Lipinski definition) is 3. The fourth-order valence-electron chi connectivity index (χ4n) is 2.29. The van der Waals surface area contributed by atoms with Crippen molar-refractivity contribution in [2.75, 3.05) is 33.7 Å². The monoisotopic (exact) mass is 185 g/mol. The second-order valence-corrected chi connectivity index (χ2v) is 4.85. The van der Waals surface area contributed by atoms with Gasteiger partial charge in [-0.1, -0.05) is 0 Å². The average Bonchev–Trinajstić information content (AvgIpc) is 1.99. The lowest BCUT2D eigenvalue weighted by atomic mass is 9.95. The normalized spacial score (nSPS) is 30.7. The third kappa shape index (κ3) is 2.42. The minimum atomic E-state index is 0.285. The highest BCUT2D eigenvalue weighted by Crippen LogP contribution is 2.23. The molecule has 0 bridgehead atoms. The largest absolute Gasteiger partial charge is 0.330 e. The molecule has 78 valence electrons. The molecule has 3 nitrogen and oxygen atoms in total. The lowest BCUT2D eigenvalue weighted by Crippen LogP contribution is -2.61. The number of nitrogens with two attached hydrogens (primary N) is 1. The van der Waals surface area contributed by atoms with Crippen molar-refractivity contribution in [3.05, 3.63) is 0 Å². The molecule has 13 heavy (non-hydrogen) atoms. The predicted octanol–water partition coefficient (Wildman–Crippen LogP) is 0.360. The van der Waals surface area contributed by atoms with Gasteiger partial charge in [0.2, 0.25) is 0 Å². The van der Waals surface area contributed by atoms with Gasteiger partial charge < -0.3 is 10.6 Å². The van der Waals surface area contributed by atoms with Gasteiger partial charge in [0.1, 0.15) is 0 Å². The Labute approximate surface area is 81.9 Å². The van der Waals surface area contributed by atoms with E-state index in [0.717, 1.165) is 26.1 Å². The van der Waals surface area contributed by atoms with E-state index < -0.39 is 0 Å². The van der Waals surface area contributed by atoms with Gasteiger partial charge in [0.25, 0.3) is 0 Å². The summed E-state index contributed by atoms with van der Waals surface area (Å²) in [6.07, 6.45) is 1.10. The standard InChI is InChI=1S/C10H23N3/c1-10(2)8-12(3)7-9(5-6-11)13(10)4/h9H,5-8,11H2,1-4H3. The number of likely N-dealkylation sites (N-methyl/N-ethyl adjacent to an activating group) is 2. The molecule has 1 aliphatic rings. The van der Waals surface area contributed by atoms with Gasteiger partial charge in [-0.2, -0.15) is 0 Å². The van der Waals surface area contributed by atoms with Crippen molar-refractivity contribution in [3.8, 4) is 0 Å². The van der Waals surface area contributed by atoms with Crippen molar-refractivity contribution in [3.63, 3.8) is 0 Å². The second kappa shape index (κ2) is 3.95. The van der Waals surface area contributed by atoms with E-state index in [1.807, 2.05) is 0 Å². The van der Waals surface area contributed by atoms with Crippen LogP contribution in [0.15, 0.2) is 0 Å². The summed E-state index contributed by atoms with van der Waals surface area (Å²) in [6.45, 7) is 7.68. The van der Waals surface area contributed by atoms with Crippen LogP contribution < -0.4 is 5.73 Å². The summed E-state index contributed by atoms with van der Waals surface area (Å²) in [6, 6.07) is 0.624. The average molecular weight is 185 g/mol. The number of hydrogen-bond donors (Lipinski definition) is 1. The Morgan fingerprint density at radius 2 is 2.00 bits per heavy atom. The molecular formula is C10H23N3. The Kier molecular flexibility index (Phi) is 3.33. The van der Waals surface area contributed by atoms with Crippen molar-refractivity contribution < 1.29 is 0 Å².